The Kier molecular flexibility index (Phi) is 10.6. The molecule has 6 aliphatic rings. The molecule has 304 valence electrons. The number of piperazine rings is 1. The summed E-state index contributed by atoms with van der Waals surface area (Å²) in [5.74, 6) is 1.65. The van der Waals surface area contributed by atoms with Gasteiger partial charge in [0.15, 0.2) is 0 Å². The number of amides is 2. The van der Waals surface area contributed by atoms with Crippen molar-refractivity contribution in [3.8, 4) is 0 Å². The van der Waals surface area contributed by atoms with Crippen molar-refractivity contribution in [3.63, 3.8) is 0 Å². The van der Waals surface area contributed by atoms with Crippen LogP contribution in [0.5, 0.6) is 0 Å². The summed E-state index contributed by atoms with van der Waals surface area (Å²) in [5, 5.41) is 9.41. The van der Waals surface area contributed by atoms with Gasteiger partial charge in [-0.15, -0.1) is 6.58 Å². The Bertz CT molecular complexity index is 1540. The van der Waals surface area contributed by atoms with Crippen molar-refractivity contribution in [3.05, 3.63) is 37.1 Å². The Morgan fingerprint density at radius 3 is 2.30 bits per heavy atom. The van der Waals surface area contributed by atoms with E-state index in [1.54, 1.807) is 9.80 Å². The topological polar surface area (TPSA) is 122 Å². The Balaban J connectivity index is 1.28. The molecule has 10 atom stereocenters. The SMILES string of the molecule is C=CCC(C)(C)CC(=C)OC1CC[C@@]2(C)[C@@H](CC[C@]3(C)[C@]2(N)CCC2(N)[C@H]4[C@H](C(=C)C)CC[C@]4(CC(=O)N4CCN(CCO)C(=O)C4)CC[C@]23C)C1(C)C. The van der Waals surface area contributed by atoms with Crippen LogP contribution in [-0.4, -0.2) is 76.7 Å². The first-order valence-electron chi connectivity index (χ1n) is 21.4. The molecule has 0 radical (unpaired) electrons. The molecule has 6 rings (SSSR count). The first-order chi connectivity index (χ1) is 25.0. The molecule has 0 bridgehead atoms. The number of fused-ring (bicyclic) bond motifs is 7. The zero-order valence-corrected chi connectivity index (χ0v) is 35.5. The molecular formula is C46H76N4O4. The van der Waals surface area contributed by atoms with Gasteiger partial charge in [0.1, 0.15) is 6.10 Å². The van der Waals surface area contributed by atoms with E-state index in [4.69, 9.17) is 16.2 Å². The van der Waals surface area contributed by atoms with Crippen molar-refractivity contribution in [1.29, 1.82) is 0 Å². The molecule has 54 heavy (non-hydrogen) atoms. The number of carbonyl (C=O) groups excluding carboxylic acids is 2. The van der Waals surface area contributed by atoms with Crippen LogP contribution < -0.4 is 11.5 Å². The summed E-state index contributed by atoms with van der Waals surface area (Å²) < 4.78 is 6.83. The van der Waals surface area contributed by atoms with Crippen molar-refractivity contribution in [2.24, 2.45) is 61.7 Å². The minimum absolute atomic E-state index is 0.0644. The van der Waals surface area contributed by atoms with E-state index in [1.165, 1.54) is 5.57 Å². The largest absolute Gasteiger partial charge is 0.495 e. The molecular weight excluding hydrogens is 673 g/mol. The van der Waals surface area contributed by atoms with Gasteiger partial charge in [-0.1, -0.05) is 73.3 Å². The zero-order valence-electron chi connectivity index (χ0n) is 35.5. The van der Waals surface area contributed by atoms with E-state index in [1.807, 2.05) is 6.08 Å². The Hall–Kier alpha value is -2.16. The van der Waals surface area contributed by atoms with Crippen LogP contribution in [0.3, 0.4) is 0 Å². The normalized spacial score (nSPS) is 43.0. The van der Waals surface area contributed by atoms with Crippen LogP contribution in [0.2, 0.25) is 0 Å². The maximum atomic E-state index is 14.2. The highest BCUT2D eigenvalue weighted by atomic mass is 16.5. The van der Waals surface area contributed by atoms with E-state index in [9.17, 15) is 14.7 Å². The van der Waals surface area contributed by atoms with Gasteiger partial charge in [-0.2, -0.15) is 0 Å². The number of aliphatic hydroxyl groups is 1. The highest BCUT2D eigenvalue weighted by Crippen LogP contribution is 2.79. The van der Waals surface area contributed by atoms with Crippen LogP contribution in [-0.2, 0) is 14.3 Å². The average molecular weight is 749 g/mol. The molecule has 2 unspecified atom stereocenters. The molecule has 0 spiro atoms. The van der Waals surface area contributed by atoms with E-state index in [0.29, 0.717) is 32.0 Å². The minimum atomic E-state index is -0.506. The number of rotatable bonds is 11. The molecule has 1 saturated heterocycles. The lowest BCUT2D eigenvalue weighted by Gasteiger charge is -2.79. The van der Waals surface area contributed by atoms with Crippen LogP contribution >= 0.6 is 0 Å². The highest BCUT2D eigenvalue weighted by molar-refractivity contribution is 5.86. The minimum Gasteiger partial charge on any atom is -0.495 e. The molecule has 2 amide bonds. The second-order valence-electron chi connectivity index (χ2n) is 21.5. The Morgan fingerprint density at radius 2 is 1.67 bits per heavy atom. The number of ether oxygens (including phenoxy) is 1. The lowest BCUT2D eigenvalue weighted by Crippen LogP contribution is -2.84. The predicted octanol–water partition coefficient (Wildman–Crippen LogP) is 7.75. The summed E-state index contributed by atoms with van der Waals surface area (Å²) in [6.07, 6.45) is 13.9. The van der Waals surface area contributed by atoms with E-state index in [-0.39, 0.29) is 75.4 Å². The number of hydrogen-bond acceptors (Lipinski definition) is 6. The van der Waals surface area contributed by atoms with Crippen LogP contribution in [0.1, 0.15) is 139 Å². The van der Waals surface area contributed by atoms with Gasteiger partial charge in [0.2, 0.25) is 11.8 Å². The number of carbonyl (C=O) groups is 2. The van der Waals surface area contributed by atoms with E-state index in [2.05, 4.69) is 75.1 Å². The molecule has 0 aromatic carbocycles. The number of hydrogen-bond donors (Lipinski definition) is 3. The molecule has 5 aliphatic carbocycles. The number of nitrogens with zero attached hydrogens (tertiary/aromatic N) is 2. The van der Waals surface area contributed by atoms with Gasteiger partial charge >= 0.3 is 0 Å². The van der Waals surface area contributed by atoms with Gasteiger partial charge in [0, 0.05) is 49.0 Å². The van der Waals surface area contributed by atoms with Gasteiger partial charge in [0.25, 0.3) is 0 Å². The fraction of sp³-hybridized carbons (Fsp3) is 0.826. The summed E-state index contributed by atoms with van der Waals surface area (Å²) in [6, 6.07) is 0. The van der Waals surface area contributed by atoms with Gasteiger partial charge < -0.3 is 31.1 Å². The van der Waals surface area contributed by atoms with Crippen molar-refractivity contribution < 1.29 is 19.4 Å². The Labute approximate surface area is 327 Å². The number of aliphatic hydroxyl groups excluding tert-OH is 1. The number of allylic oxidation sites excluding steroid dienone is 3. The van der Waals surface area contributed by atoms with Crippen LogP contribution in [0, 0.1) is 50.2 Å². The Morgan fingerprint density at radius 1 is 0.963 bits per heavy atom. The van der Waals surface area contributed by atoms with E-state index in [0.717, 1.165) is 82.8 Å². The molecule has 6 fully saturated rings. The lowest BCUT2D eigenvalue weighted by atomic mass is 9.28. The second-order valence-corrected chi connectivity index (χ2v) is 21.5. The monoisotopic (exact) mass is 749 g/mol. The second kappa shape index (κ2) is 13.7. The predicted molar refractivity (Wildman–Crippen MR) is 218 cm³/mol. The fourth-order valence-corrected chi connectivity index (χ4v) is 14.9. The first kappa shape index (κ1) is 41.5. The average Bonchev–Trinajstić information content (AvgIpc) is 3.47. The third-order valence-electron chi connectivity index (χ3n) is 18.1. The molecule has 5 saturated carbocycles. The van der Waals surface area contributed by atoms with Crippen molar-refractivity contribution in [2.45, 2.75) is 156 Å². The molecule has 0 aromatic rings. The molecule has 8 heteroatoms. The van der Waals surface area contributed by atoms with Gasteiger partial charge in [-0.3, -0.25) is 9.59 Å². The number of β-amino-alcohol motifs (C(OH)–C–C–N with tert-alkyl or cyclic N) is 1. The summed E-state index contributed by atoms with van der Waals surface area (Å²) >= 11 is 0. The molecule has 1 aliphatic heterocycles. The maximum absolute atomic E-state index is 14.2. The van der Waals surface area contributed by atoms with Crippen molar-refractivity contribution >= 4 is 11.8 Å². The summed E-state index contributed by atoms with van der Waals surface area (Å²) in [4.78, 5) is 30.6. The number of nitrogens with two attached hydrogens (primary N) is 2. The summed E-state index contributed by atoms with van der Waals surface area (Å²) in [6.45, 7) is 33.3. The first-order valence-corrected chi connectivity index (χ1v) is 21.4. The van der Waals surface area contributed by atoms with Gasteiger partial charge in [-0.05, 0) is 122 Å². The lowest BCUT2D eigenvalue weighted by molar-refractivity contribution is -0.265. The van der Waals surface area contributed by atoms with Crippen molar-refractivity contribution in [2.75, 3.05) is 32.8 Å². The molecule has 5 N–H and O–H groups in total. The maximum Gasteiger partial charge on any atom is 0.242 e. The van der Waals surface area contributed by atoms with Crippen LogP contribution in [0.15, 0.2) is 37.1 Å². The van der Waals surface area contributed by atoms with E-state index < -0.39 is 11.1 Å². The van der Waals surface area contributed by atoms with Gasteiger partial charge in [0.05, 0.1) is 18.9 Å². The van der Waals surface area contributed by atoms with Crippen LogP contribution in [0.4, 0.5) is 0 Å². The quantitative estimate of drug-likeness (QED) is 0.147. The summed E-state index contributed by atoms with van der Waals surface area (Å²) in [5.41, 5.74) is 15.8. The fourth-order valence-electron chi connectivity index (χ4n) is 14.9. The van der Waals surface area contributed by atoms with E-state index >= 15 is 0 Å². The zero-order chi connectivity index (χ0) is 39.9. The summed E-state index contributed by atoms with van der Waals surface area (Å²) in [7, 11) is 0. The third-order valence-corrected chi connectivity index (χ3v) is 18.1. The van der Waals surface area contributed by atoms with Gasteiger partial charge in [-0.25, -0.2) is 0 Å². The molecule has 0 aromatic heterocycles. The molecule has 8 nitrogen and oxygen atoms in total. The van der Waals surface area contributed by atoms with Crippen molar-refractivity contribution in [1.82, 2.24) is 9.80 Å². The van der Waals surface area contributed by atoms with Crippen LogP contribution in [0.25, 0.3) is 0 Å². The standard InChI is InChI=1S/C46H76N4O4/c1-12-16-39(5,6)28-32(4)54-35-15-17-41(9)34(40(35,7)8)14-18-43(11)42(10)20-21-44(29-36(52)50-25-24-49(26-27-51)37(53)30-50)19-13-33(31(2)3)38(44)45(42,47)22-23-46(41,43)48/h12,33-35,38,51H,1-2,4,13-30,47-48H2,3,5-11H3/t33-,34-,35?,38-,41-,42-,43-,44+,45?,46-/m0/s1. The third kappa shape index (κ3) is 5.91. The highest BCUT2D eigenvalue weighted by Gasteiger charge is 2.79. The smallest absolute Gasteiger partial charge is 0.242 e. The molecule has 1 heterocycles.